The molecule has 29 heavy (non-hydrogen) atoms. The lowest BCUT2D eigenvalue weighted by Gasteiger charge is -2.09. The molecule has 1 heterocycles. The Bertz CT molecular complexity index is 1030. The highest BCUT2D eigenvalue weighted by Crippen LogP contribution is 2.20. The van der Waals surface area contributed by atoms with Crippen molar-refractivity contribution in [2.24, 2.45) is 0 Å². The second kappa shape index (κ2) is 8.59. The van der Waals surface area contributed by atoms with E-state index in [-0.39, 0.29) is 17.2 Å². The second-order valence-electron chi connectivity index (χ2n) is 6.11. The largest absolute Gasteiger partial charge is 0.435 e. The van der Waals surface area contributed by atoms with Gasteiger partial charge < -0.3 is 10.1 Å². The molecule has 0 aliphatic heterocycles. The van der Waals surface area contributed by atoms with Gasteiger partial charge in [0.2, 0.25) is 0 Å². The van der Waals surface area contributed by atoms with Crippen LogP contribution in [0.15, 0.2) is 48.5 Å². The van der Waals surface area contributed by atoms with Crippen molar-refractivity contribution in [3.63, 3.8) is 0 Å². The predicted octanol–water partition coefficient (Wildman–Crippen LogP) is 3.89. The van der Waals surface area contributed by atoms with Crippen LogP contribution in [-0.2, 0) is 6.42 Å². The first-order valence-electron chi connectivity index (χ1n) is 8.81. The molecule has 0 bridgehead atoms. The third kappa shape index (κ3) is 4.63. The third-order valence-corrected chi connectivity index (χ3v) is 4.15. The normalized spacial score (nSPS) is 10.8. The Hall–Kier alpha value is -3.62. The summed E-state index contributed by atoms with van der Waals surface area (Å²) in [7, 11) is 0. The summed E-state index contributed by atoms with van der Waals surface area (Å²) in [6, 6.07) is 12.4. The van der Waals surface area contributed by atoms with E-state index in [1.54, 1.807) is 36.4 Å². The van der Waals surface area contributed by atoms with Gasteiger partial charge in [0.05, 0.1) is 11.4 Å². The van der Waals surface area contributed by atoms with Gasteiger partial charge in [-0.25, -0.2) is 4.68 Å². The van der Waals surface area contributed by atoms with Crippen molar-refractivity contribution in [1.29, 1.82) is 0 Å². The quantitative estimate of drug-likeness (QED) is 0.608. The first-order valence-corrected chi connectivity index (χ1v) is 8.81. The smallest absolute Gasteiger partial charge is 0.387 e. The number of benzene rings is 2. The van der Waals surface area contributed by atoms with Gasteiger partial charge in [-0.1, -0.05) is 24.3 Å². The summed E-state index contributed by atoms with van der Waals surface area (Å²) in [5.41, 5.74) is 2.18. The Morgan fingerprint density at radius 3 is 2.52 bits per heavy atom. The van der Waals surface area contributed by atoms with Crippen molar-refractivity contribution < 1.29 is 23.1 Å². The Kier molecular flexibility index (Phi) is 5.96. The van der Waals surface area contributed by atoms with Gasteiger partial charge in [-0.05, 0) is 49.7 Å². The van der Waals surface area contributed by atoms with Gasteiger partial charge in [0.25, 0.3) is 5.91 Å². The van der Waals surface area contributed by atoms with E-state index in [0.717, 1.165) is 0 Å². The van der Waals surface area contributed by atoms with Gasteiger partial charge in [0, 0.05) is 11.3 Å². The van der Waals surface area contributed by atoms with Crippen LogP contribution in [0.2, 0.25) is 0 Å². The number of alkyl halides is 2. The number of aromatic nitrogens is 3. The molecule has 7 nitrogen and oxygen atoms in total. The molecule has 0 aliphatic carbocycles. The maximum absolute atomic E-state index is 12.7. The number of anilines is 1. The third-order valence-electron chi connectivity index (χ3n) is 4.15. The Labute approximate surface area is 165 Å². The van der Waals surface area contributed by atoms with E-state index in [4.69, 9.17) is 0 Å². The number of nitrogens with zero attached hydrogens (tertiary/aromatic N) is 3. The molecule has 0 spiro atoms. The number of carbonyl (C=O) groups excluding carboxylic acids is 2. The van der Waals surface area contributed by atoms with Crippen LogP contribution in [0, 0.1) is 0 Å². The molecule has 1 N–H and O–H groups in total. The van der Waals surface area contributed by atoms with Gasteiger partial charge in [-0.2, -0.15) is 8.78 Å². The zero-order valence-electron chi connectivity index (χ0n) is 15.7. The molecule has 0 atom stereocenters. The lowest BCUT2D eigenvalue weighted by Crippen LogP contribution is -2.15. The van der Waals surface area contributed by atoms with Crippen LogP contribution in [0.5, 0.6) is 5.75 Å². The van der Waals surface area contributed by atoms with E-state index in [1.165, 1.54) is 23.7 Å². The minimum Gasteiger partial charge on any atom is -0.435 e. The SMILES string of the molecule is CCc1c(C(=O)Nc2cccc(C(C)=O)c2)nnn1-c1ccc(OC(F)F)cc1. The van der Waals surface area contributed by atoms with Crippen LogP contribution < -0.4 is 10.1 Å². The van der Waals surface area contributed by atoms with Crippen molar-refractivity contribution in [3.05, 3.63) is 65.5 Å². The monoisotopic (exact) mass is 400 g/mol. The Balaban J connectivity index is 1.84. The first kappa shape index (κ1) is 20.1. The van der Waals surface area contributed by atoms with Crippen LogP contribution in [-0.4, -0.2) is 33.3 Å². The molecular formula is C20H18F2N4O3. The van der Waals surface area contributed by atoms with E-state index >= 15 is 0 Å². The molecule has 0 aliphatic rings. The number of halogens is 2. The molecule has 2 aromatic carbocycles. The zero-order valence-corrected chi connectivity index (χ0v) is 15.7. The van der Waals surface area contributed by atoms with Crippen molar-refractivity contribution in [3.8, 4) is 11.4 Å². The number of ether oxygens (including phenoxy) is 1. The lowest BCUT2D eigenvalue weighted by atomic mass is 10.1. The molecule has 1 aromatic heterocycles. The lowest BCUT2D eigenvalue weighted by molar-refractivity contribution is -0.0498. The van der Waals surface area contributed by atoms with Crippen LogP contribution in [0.3, 0.4) is 0 Å². The van der Waals surface area contributed by atoms with Crippen LogP contribution in [0.25, 0.3) is 5.69 Å². The van der Waals surface area contributed by atoms with Crippen LogP contribution in [0.1, 0.15) is 40.4 Å². The molecule has 0 saturated heterocycles. The number of nitrogens with one attached hydrogen (secondary N) is 1. The highest BCUT2D eigenvalue weighted by atomic mass is 19.3. The second-order valence-corrected chi connectivity index (χ2v) is 6.11. The maximum Gasteiger partial charge on any atom is 0.387 e. The summed E-state index contributed by atoms with van der Waals surface area (Å²) < 4.78 is 30.4. The van der Waals surface area contributed by atoms with E-state index in [1.807, 2.05) is 6.92 Å². The van der Waals surface area contributed by atoms with Crippen molar-refractivity contribution in [2.75, 3.05) is 5.32 Å². The van der Waals surface area contributed by atoms with Crippen molar-refractivity contribution in [1.82, 2.24) is 15.0 Å². The average Bonchev–Trinajstić information content (AvgIpc) is 3.12. The van der Waals surface area contributed by atoms with Gasteiger partial charge in [0.15, 0.2) is 11.5 Å². The molecule has 0 fully saturated rings. The number of hydrogen-bond donors (Lipinski definition) is 1. The standard InChI is InChI=1S/C20H18F2N4O3/c1-3-17-18(19(28)23-14-6-4-5-13(11-14)12(2)27)24-25-26(17)15-7-9-16(10-8-15)29-20(21)22/h4-11,20H,3H2,1-2H3,(H,23,28). The van der Waals surface area contributed by atoms with Crippen LogP contribution in [0.4, 0.5) is 14.5 Å². The fourth-order valence-electron chi connectivity index (χ4n) is 2.78. The highest BCUT2D eigenvalue weighted by Gasteiger charge is 2.20. The summed E-state index contributed by atoms with van der Waals surface area (Å²) in [6.45, 7) is 0.380. The number of carbonyl (C=O) groups is 2. The summed E-state index contributed by atoms with van der Waals surface area (Å²) in [6.07, 6.45) is 0.457. The molecule has 3 rings (SSSR count). The predicted molar refractivity (Wildman–Crippen MR) is 102 cm³/mol. The van der Waals surface area contributed by atoms with Crippen molar-refractivity contribution in [2.45, 2.75) is 26.9 Å². The summed E-state index contributed by atoms with van der Waals surface area (Å²) in [5, 5.41) is 10.7. The van der Waals surface area contributed by atoms with Gasteiger partial charge in [0.1, 0.15) is 5.75 Å². The minimum atomic E-state index is -2.91. The molecule has 0 radical (unpaired) electrons. The Morgan fingerprint density at radius 1 is 1.17 bits per heavy atom. The van der Waals surface area contributed by atoms with Gasteiger partial charge >= 0.3 is 6.61 Å². The summed E-state index contributed by atoms with van der Waals surface area (Å²) in [4.78, 5) is 24.2. The zero-order chi connectivity index (χ0) is 21.0. The molecule has 0 saturated carbocycles. The summed E-state index contributed by atoms with van der Waals surface area (Å²) >= 11 is 0. The average molecular weight is 400 g/mol. The maximum atomic E-state index is 12.7. The molecule has 150 valence electrons. The van der Waals surface area contributed by atoms with Gasteiger partial charge in [-0.15, -0.1) is 5.10 Å². The van der Waals surface area contributed by atoms with Crippen LogP contribution >= 0.6 is 0 Å². The molecule has 0 unspecified atom stereocenters. The van der Waals surface area contributed by atoms with E-state index in [9.17, 15) is 18.4 Å². The topological polar surface area (TPSA) is 86.1 Å². The number of rotatable bonds is 7. The molecular weight excluding hydrogens is 382 g/mol. The molecule has 9 heteroatoms. The van der Waals surface area contributed by atoms with E-state index in [0.29, 0.717) is 29.1 Å². The van der Waals surface area contributed by atoms with E-state index in [2.05, 4.69) is 20.4 Å². The summed E-state index contributed by atoms with van der Waals surface area (Å²) in [5.74, 6) is -0.558. The van der Waals surface area contributed by atoms with E-state index < -0.39 is 12.5 Å². The molecule has 1 amide bonds. The first-order chi connectivity index (χ1) is 13.9. The van der Waals surface area contributed by atoms with Gasteiger partial charge in [-0.3, -0.25) is 9.59 Å². The Morgan fingerprint density at radius 2 is 1.90 bits per heavy atom. The number of ketones is 1. The number of hydrogen-bond acceptors (Lipinski definition) is 5. The molecule has 3 aromatic rings. The fourth-order valence-corrected chi connectivity index (χ4v) is 2.78. The number of Topliss-reactive ketones (excluding diaryl/α,β-unsaturated/α-hetero) is 1. The highest BCUT2D eigenvalue weighted by molar-refractivity contribution is 6.04. The fraction of sp³-hybridized carbons (Fsp3) is 0.200. The number of amides is 1. The minimum absolute atomic E-state index is 0.0187. The van der Waals surface area contributed by atoms with Crippen molar-refractivity contribution >= 4 is 17.4 Å².